The van der Waals surface area contributed by atoms with Gasteiger partial charge in [0.05, 0.1) is 5.69 Å². The molecular formula is C6H6N2O3. The van der Waals surface area contributed by atoms with Gasteiger partial charge in [-0.3, -0.25) is 14.2 Å². The molecule has 1 aromatic heterocycles. The van der Waals surface area contributed by atoms with Crippen molar-refractivity contribution in [2.24, 2.45) is 7.05 Å². The summed E-state index contributed by atoms with van der Waals surface area (Å²) in [5, 5.41) is 0. The fraction of sp³-hybridized carbons (Fsp3) is 0.167. The van der Waals surface area contributed by atoms with Crippen LogP contribution in [-0.2, 0) is 7.05 Å². The summed E-state index contributed by atoms with van der Waals surface area (Å²) in [6.07, 6.45) is 0.419. The minimum atomic E-state index is -0.584. The molecule has 0 atom stereocenters. The molecule has 0 bridgehead atoms. The normalized spacial score (nSPS) is 9.55. The Kier molecular flexibility index (Phi) is 1.72. The van der Waals surface area contributed by atoms with Crippen molar-refractivity contribution in [1.29, 1.82) is 0 Å². The summed E-state index contributed by atoms with van der Waals surface area (Å²) in [5.74, 6) is 0. The Labute approximate surface area is 61.3 Å². The van der Waals surface area contributed by atoms with Gasteiger partial charge in [-0.25, -0.2) is 4.79 Å². The molecule has 0 unspecified atom stereocenters. The summed E-state index contributed by atoms with van der Waals surface area (Å²) in [6.45, 7) is 0. The zero-order valence-corrected chi connectivity index (χ0v) is 5.83. The maximum Gasteiger partial charge on any atom is 0.328 e. The fourth-order valence-corrected chi connectivity index (χ4v) is 0.637. The first-order valence-corrected chi connectivity index (χ1v) is 2.90. The van der Waals surface area contributed by atoms with E-state index in [1.165, 1.54) is 7.05 Å². The largest absolute Gasteiger partial charge is 0.328 e. The number of aromatic amines is 1. The maximum atomic E-state index is 10.8. The number of nitrogens with one attached hydrogen (secondary N) is 1. The van der Waals surface area contributed by atoms with E-state index >= 15 is 0 Å². The van der Waals surface area contributed by atoms with Gasteiger partial charge >= 0.3 is 5.69 Å². The summed E-state index contributed by atoms with van der Waals surface area (Å²) in [7, 11) is 1.33. The summed E-state index contributed by atoms with van der Waals surface area (Å²) in [5.41, 5.74) is -1.08. The average molecular weight is 154 g/mol. The maximum absolute atomic E-state index is 10.8. The van der Waals surface area contributed by atoms with Crippen LogP contribution in [-0.4, -0.2) is 15.8 Å². The highest BCUT2D eigenvalue weighted by molar-refractivity contribution is 5.70. The summed E-state index contributed by atoms with van der Waals surface area (Å²) >= 11 is 0. The van der Waals surface area contributed by atoms with E-state index in [0.29, 0.717) is 6.29 Å². The zero-order chi connectivity index (χ0) is 8.43. The lowest BCUT2D eigenvalue weighted by atomic mass is 10.4. The van der Waals surface area contributed by atoms with Gasteiger partial charge < -0.3 is 4.98 Å². The minimum Gasteiger partial charge on any atom is -0.304 e. The lowest BCUT2D eigenvalue weighted by Gasteiger charge is -1.93. The van der Waals surface area contributed by atoms with Crippen LogP contribution in [0.4, 0.5) is 0 Å². The molecule has 0 spiro atoms. The van der Waals surface area contributed by atoms with E-state index in [0.717, 1.165) is 10.6 Å². The second-order valence-electron chi connectivity index (χ2n) is 2.04. The lowest BCUT2D eigenvalue weighted by molar-refractivity contribution is 0.111. The van der Waals surface area contributed by atoms with Crippen LogP contribution in [0.2, 0.25) is 0 Å². The van der Waals surface area contributed by atoms with E-state index < -0.39 is 11.2 Å². The van der Waals surface area contributed by atoms with Crippen LogP contribution >= 0.6 is 0 Å². The molecule has 0 radical (unpaired) electrons. The predicted molar refractivity (Wildman–Crippen MR) is 37.7 cm³/mol. The molecule has 0 saturated carbocycles. The lowest BCUT2D eigenvalue weighted by Crippen LogP contribution is -2.32. The molecular weight excluding hydrogens is 148 g/mol. The van der Waals surface area contributed by atoms with Crippen LogP contribution in [0.25, 0.3) is 0 Å². The van der Waals surface area contributed by atoms with Crippen molar-refractivity contribution in [2.45, 2.75) is 0 Å². The number of hydrogen-bond donors (Lipinski definition) is 1. The summed E-state index contributed by atoms with van der Waals surface area (Å²) < 4.78 is 0.882. The van der Waals surface area contributed by atoms with Crippen molar-refractivity contribution < 1.29 is 4.79 Å². The van der Waals surface area contributed by atoms with E-state index in [4.69, 9.17) is 0 Å². The molecule has 0 fully saturated rings. The highest BCUT2D eigenvalue weighted by Gasteiger charge is 1.97. The number of carbonyl (C=O) groups excluding carboxylic acids is 1. The molecule has 1 rings (SSSR count). The van der Waals surface area contributed by atoms with Crippen molar-refractivity contribution in [1.82, 2.24) is 9.55 Å². The Hall–Kier alpha value is -1.65. The van der Waals surface area contributed by atoms with Crippen molar-refractivity contribution in [3.63, 3.8) is 0 Å². The quantitative estimate of drug-likeness (QED) is 0.521. The van der Waals surface area contributed by atoms with Gasteiger partial charge in [0.25, 0.3) is 5.56 Å². The zero-order valence-electron chi connectivity index (χ0n) is 5.83. The second-order valence-corrected chi connectivity index (χ2v) is 2.04. The third-order valence-electron chi connectivity index (χ3n) is 1.29. The summed E-state index contributed by atoms with van der Waals surface area (Å²) in [4.78, 5) is 33.9. The highest BCUT2D eigenvalue weighted by Crippen LogP contribution is 1.75. The van der Waals surface area contributed by atoms with Gasteiger partial charge in [-0.15, -0.1) is 0 Å². The molecule has 58 valence electrons. The predicted octanol–water partition coefficient (Wildman–Crippen LogP) is -1.11. The Morgan fingerprint density at radius 3 is 2.64 bits per heavy atom. The van der Waals surface area contributed by atoms with Crippen LogP contribution in [0.5, 0.6) is 0 Å². The number of carbonyl (C=O) groups is 1. The van der Waals surface area contributed by atoms with Crippen molar-refractivity contribution in [3.05, 3.63) is 32.6 Å². The number of nitrogens with zero attached hydrogens (tertiary/aromatic N) is 1. The van der Waals surface area contributed by atoms with E-state index in [1.807, 2.05) is 0 Å². The Morgan fingerprint density at radius 1 is 1.55 bits per heavy atom. The standard InChI is InChI=1S/C6H6N2O3/c1-8-5(10)2-4(3-9)7-6(8)11/h2-3H,1H3,(H,7,11). The van der Waals surface area contributed by atoms with Gasteiger partial charge in [0.15, 0.2) is 6.29 Å². The third-order valence-corrected chi connectivity index (χ3v) is 1.29. The number of rotatable bonds is 1. The molecule has 5 nitrogen and oxygen atoms in total. The Bertz CT molecular complexity index is 356. The SMILES string of the molecule is Cn1c(=O)cc(C=O)[nH]c1=O. The second kappa shape index (κ2) is 2.53. The highest BCUT2D eigenvalue weighted by atomic mass is 16.2. The molecule has 0 saturated heterocycles. The molecule has 0 aliphatic rings. The van der Waals surface area contributed by atoms with Crippen LogP contribution in [0.1, 0.15) is 10.5 Å². The molecule has 5 heteroatoms. The Morgan fingerprint density at radius 2 is 2.18 bits per heavy atom. The Balaban J connectivity index is 3.57. The van der Waals surface area contributed by atoms with Crippen molar-refractivity contribution in [3.8, 4) is 0 Å². The fourth-order valence-electron chi connectivity index (χ4n) is 0.637. The van der Waals surface area contributed by atoms with E-state index in [1.54, 1.807) is 0 Å². The monoisotopic (exact) mass is 154 g/mol. The van der Waals surface area contributed by atoms with Gasteiger partial charge in [0.2, 0.25) is 0 Å². The summed E-state index contributed by atoms with van der Waals surface area (Å²) in [6, 6.07) is 1.06. The molecule has 1 heterocycles. The van der Waals surface area contributed by atoms with Crippen molar-refractivity contribution >= 4 is 6.29 Å². The molecule has 1 aromatic rings. The van der Waals surface area contributed by atoms with E-state index in [-0.39, 0.29) is 5.69 Å². The number of hydrogen-bond acceptors (Lipinski definition) is 3. The molecule has 1 N–H and O–H groups in total. The van der Waals surface area contributed by atoms with Crippen LogP contribution in [0.15, 0.2) is 15.7 Å². The van der Waals surface area contributed by atoms with Gasteiger partial charge in [-0.05, 0) is 0 Å². The average Bonchev–Trinajstić information content (AvgIpc) is 1.99. The molecule has 0 amide bonds. The van der Waals surface area contributed by atoms with Gasteiger partial charge in [-0.1, -0.05) is 0 Å². The first kappa shape index (κ1) is 7.46. The molecule has 0 aliphatic carbocycles. The number of aldehydes is 1. The van der Waals surface area contributed by atoms with Crippen LogP contribution in [0, 0.1) is 0 Å². The molecule has 0 aliphatic heterocycles. The van der Waals surface area contributed by atoms with Gasteiger partial charge in [-0.2, -0.15) is 0 Å². The smallest absolute Gasteiger partial charge is 0.304 e. The minimum absolute atomic E-state index is 0.00176. The topological polar surface area (TPSA) is 71.9 Å². The molecule has 0 aromatic carbocycles. The van der Waals surface area contributed by atoms with E-state index in [9.17, 15) is 14.4 Å². The molecule has 11 heavy (non-hydrogen) atoms. The number of aromatic nitrogens is 2. The van der Waals surface area contributed by atoms with Crippen LogP contribution in [0.3, 0.4) is 0 Å². The van der Waals surface area contributed by atoms with E-state index in [2.05, 4.69) is 4.98 Å². The van der Waals surface area contributed by atoms with Crippen molar-refractivity contribution in [2.75, 3.05) is 0 Å². The third kappa shape index (κ3) is 1.26. The van der Waals surface area contributed by atoms with Gasteiger partial charge in [0.1, 0.15) is 0 Å². The van der Waals surface area contributed by atoms with Crippen LogP contribution < -0.4 is 11.2 Å². The first-order chi connectivity index (χ1) is 5.15. The van der Waals surface area contributed by atoms with Gasteiger partial charge in [0, 0.05) is 13.1 Å². The first-order valence-electron chi connectivity index (χ1n) is 2.90. The number of H-pyrrole nitrogens is 1.